The number of hydrogen-bond donors (Lipinski definition) is 0. The SMILES string of the molecule is CC1(C)OC=C(COS(=O)(=O)C(F)(F)F)O1. The summed E-state index contributed by atoms with van der Waals surface area (Å²) in [5.74, 6) is -1.15. The summed E-state index contributed by atoms with van der Waals surface area (Å²) in [5.41, 5.74) is -5.44. The van der Waals surface area contributed by atoms with Gasteiger partial charge in [0, 0.05) is 13.8 Å². The summed E-state index contributed by atoms with van der Waals surface area (Å²) in [7, 11) is -5.60. The highest BCUT2D eigenvalue weighted by Gasteiger charge is 2.47. The van der Waals surface area contributed by atoms with Gasteiger partial charge < -0.3 is 9.47 Å². The molecule has 0 aromatic heterocycles. The maximum absolute atomic E-state index is 11.9. The monoisotopic (exact) mass is 262 g/mol. The average Bonchev–Trinajstić information content (AvgIpc) is 2.40. The second-order valence-corrected chi connectivity index (χ2v) is 4.97. The van der Waals surface area contributed by atoms with Crippen molar-refractivity contribution >= 4 is 10.1 Å². The fourth-order valence-electron chi connectivity index (χ4n) is 0.837. The van der Waals surface area contributed by atoms with Gasteiger partial charge in [0.25, 0.3) is 0 Å². The minimum Gasteiger partial charge on any atom is -0.457 e. The summed E-state index contributed by atoms with van der Waals surface area (Å²) in [6.07, 6.45) is 1.01. The molecule has 0 saturated heterocycles. The zero-order valence-electron chi connectivity index (χ0n) is 8.37. The molecule has 0 aromatic rings. The minimum absolute atomic E-state index is 0.127. The topological polar surface area (TPSA) is 61.8 Å². The van der Waals surface area contributed by atoms with Gasteiger partial charge in [0.15, 0.2) is 5.76 Å². The van der Waals surface area contributed by atoms with Crippen molar-refractivity contribution in [2.75, 3.05) is 6.61 Å². The van der Waals surface area contributed by atoms with Gasteiger partial charge in [-0.15, -0.1) is 0 Å². The first-order valence-electron chi connectivity index (χ1n) is 4.05. The van der Waals surface area contributed by atoms with E-state index in [2.05, 4.69) is 4.18 Å². The number of hydrogen-bond acceptors (Lipinski definition) is 5. The Labute approximate surface area is 89.9 Å². The molecule has 1 heterocycles. The lowest BCUT2D eigenvalue weighted by molar-refractivity contribution is -0.119. The summed E-state index contributed by atoms with van der Waals surface area (Å²) in [6, 6.07) is 0. The molecule has 0 aromatic carbocycles. The number of halogens is 3. The molecule has 16 heavy (non-hydrogen) atoms. The Kier molecular flexibility index (Phi) is 3.12. The summed E-state index contributed by atoms with van der Waals surface area (Å²) in [4.78, 5) is 0. The number of alkyl halides is 3. The van der Waals surface area contributed by atoms with Crippen molar-refractivity contribution in [3.63, 3.8) is 0 Å². The highest BCUT2D eigenvalue weighted by atomic mass is 32.2. The molecule has 0 N–H and O–H groups in total. The molecule has 0 fully saturated rings. The maximum Gasteiger partial charge on any atom is 0.523 e. The van der Waals surface area contributed by atoms with E-state index < -0.39 is 28.0 Å². The number of ether oxygens (including phenoxy) is 2. The largest absolute Gasteiger partial charge is 0.523 e. The lowest BCUT2D eigenvalue weighted by Crippen LogP contribution is -2.27. The third-order valence-corrected chi connectivity index (χ3v) is 2.49. The highest BCUT2D eigenvalue weighted by molar-refractivity contribution is 7.87. The molecular formula is C7H9F3O5S. The van der Waals surface area contributed by atoms with E-state index in [0.717, 1.165) is 6.26 Å². The standard InChI is InChI=1S/C7H9F3O5S/c1-6(2)13-3-5(15-6)4-14-16(11,12)7(8,9)10/h3H,4H2,1-2H3. The fourth-order valence-corrected chi connectivity index (χ4v) is 1.24. The van der Waals surface area contributed by atoms with Crippen molar-refractivity contribution < 1.29 is 35.2 Å². The van der Waals surface area contributed by atoms with Crippen LogP contribution in [0.5, 0.6) is 0 Å². The van der Waals surface area contributed by atoms with Gasteiger partial charge in [0.05, 0.1) is 0 Å². The van der Waals surface area contributed by atoms with Crippen LogP contribution in [0.3, 0.4) is 0 Å². The van der Waals surface area contributed by atoms with Crippen LogP contribution in [0.15, 0.2) is 12.0 Å². The third-order valence-electron chi connectivity index (χ3n) is 1.49. The van der Waals surface area contributed by atoms with E-state index in [0.29, 0.717) is 0 Å². The van der Waals surface area contributed by atoms with Gasteiger partial charge in [-0.1, -0.05) is 0 Å². The average molecular weight is 262 g/mol. The van der Waals surface area contributed by atoms with Crippen LogP contribution in [0, 0.1) is 0 Å². The van der Waals surface area contributed by atoms with E-state index in [1.165, 1.54) is 13.8 Å². The molecule has 1 rings (SSSR count). The summed E-state index contributed by atoms with van der Waals surface area (Å²) < 4.78 is 70.1. The Morgan fingerprint density at radius 1 is 1.44 bits per heavy atom. The Hall–Kier alpha value is -0.960. The molecule has 94 valence electrons. The zero-order valence-corrected chi connectivity index (χ0v) is 9.18. The van der Waals surface area contributed by atoms with Crippen LogP contribution in [0.25, 0.3) is 0 Å². The molecule has 0 amide bonds. The molecule has 0 radical (unpaired) electrons. The van der Waals surface area contributed by atoms with Crippen LogP contribution in [-0.2, 0) is 23.8 Å². The summed E-state index contributed by atoms with van der Waals surface area (Å²) in [5, 5.41) is 0. The van der Waals surface area contributed by atoms with Gasteiger partial charge in [-0.25, -0.2) is 0 Å². The Balaban J connectivity index is 2.55. The van der Waals surface area contributed by atoms with Crippen LogP contribution in [-0.4, -0.2) is 26.3 Å². The van der Waals surface area contributed by atoms with Gasteiger partial charge in [0.2, 0.25) is 5.79 Å². The summed E-state index contributed by atoms with van der Waals surface area (Å²) >= 11 is 0. The lowest BCUT2D eigenvalue weighted by atomic mass is 10.4. The van der Waals surface area contributed by atoms with E-state index in [-0.39, 0.29) is 5.76 Å². The van der Waals surface area contributed by atoms with Crippen molar-refractivity contribution in [2.45, 2.75) is 25.1 Å². The van der Waals surface area contributed by atoms with Gasteiger partial charge in [-0.3, -0.25) is 4.18 Å². The molecule has 0 saturated carbocycles. The molecule has 5 nitrogen and oxygen atoms in total. The first kappa shape index (κ1) is 13.1. The smallest absolute Gasteiger partial charge is 0.457 e. The van der Waals surface area contributed by atoms with Crippen molar-refractivity contribution in [2.24, 2.45) is 0 Å². The molecule has 0 spiro atoms. The minimum atomic E-state index is -5.60. The molecule has 0 unspecified atom stereocenters. The van der Waals surface area contributed by atoms with Crippen LogP contribution in [0.4, 0.5) is 13.2 Å². The van der Waals surface area contributed by atoms with E-state index in [1.54, 1.807) is 0 Å². The van der Waals surface area contributed by atoms with Crippen LogP contribution in [0.2, 0.25) is 0 Å². The lowest BCUT2D eigenvalue weighted by Gasteiger charge is -2.18. The van der Waals surface area contributed by atoms with Crippen LogP contribution in [0.1, 0.15) is 13.8 Å². The van der Waals surface area contributed by atoms with Crippen LogP contribution < -0.4 is 0 Å². The predicted molar refractivity (Wildman–Crippen MR) is 45.3 cm³/mol. The molecule has 0 atom stereocenters. The molecule has 1 aliphatic rings. The fraction of sp³-hybridized carbons (Fsp3) is 0.714. The van der Waals surface area contributed by atoms with E-state index in [9.17, 15) is 21.6 Å². The normalized spacial score (nSPS) is 19.9. The Bertz CT molecular complexity index is 395. The molecule has 0 bridgehead atoms. The number of rotatable bonds is 3. The van der Waals surface area contributed by atoms with Crippen molar-refractivity contribution in [1.82, 2.24) is 0 Å². The van der Waals surface area contributed by atoms with Crippen molar-refractivity contribution in [3.05, 3.63) is 12.0 Å². The predicted octanol–water partition coefficient (Wildman–Crippen LogP) is 1.48. The molecule has 9 heteroatoms. The third kappa shape index (κ3) is 3.01. The van der Waals surface area contributed by atoms with Gasteiger partial charge >= 0.3 is 15.6 Å². The molecule has 1 aliphatic heterocycles. The zero-order chi connectivity index (χ0) is 12.6. The van der Waals surface area contributed by atoms with Crippen molar-refractivity contribution in [1.29, 1.82) is 0 Å². The highest BCUT2D eigenvalue weighted by Crippen LogP contribution is 2.28. The van der Waals surface area contributed by atoms with E-state index in [1.807, 2.05) is 0 Å². The first-order chi connectivity index (χ1) is 7.04. The first-order valence-corrected chi connectivity index (χ1v) is 5.46. The second-order valence-electron chi connectivity index (χ2n) is 3.37. The molecular weight excluding hydrogens is 253 g/mol. The summed E-state index contributed by atoms with van der Waals surface area (Å²) in [6.45, 7) is 2.16. The quantitative estimate of drug-likeness (QED) is 0.569. The van der Waals surface area contributed by atoms with Gasteiger partial charge in [-0.05, 0) is 0 Å². The second kappa shape index (κ2) is 3.81. The van der Waals surface area contributed by atoms with Gasteiger partial charge in [0.1, 0.15) is 12.9 Å². The van der Waals surface area contributed by atoms with Crippen LogP contribution >= 0.6 is 0 Å². The Morgan fingerprint density at radius 2 is 2.00 bits per heavy atom. The van der Waals surface area contributed by atoms with E-state index >= 15 is 0 Å². The van der Waals surface area contributed by atoms with Crippen molar-refractivity contribution in [3.8, 4) is 0 Å². The van der Waals surface area contributed by atoms with E-state index in [4.69, 9.17) is 9.47 Å². The van der Waals surface area contributed by atoms with Gasteiger partial charge in [-0.2, -0.15) is 21.6 Å². The Morgan fingerprint density at radius 3 is 2.38 bits per heavy atom. The maximum atomic E-state index is 11.9. The molecule has 0 aliphatic carbocycles.